The Kier molecular flexibility index (Phi) is 4.23. The van der Waals surface area contributed by atoms with Crippen LogP contribution < -0.4 is 10.6 Å². The number of hydrogen-bond donors (Lipinski definition) is 2. The molecule has 1 heterocycles. The number of nitrogens with zero attached hydrogens (tertiary/aromatic N) is 2. The van der Waals surface area contributed by atoms with Gasteiger partial charge in [-0.15, -0.1) is 0 Å². The summed E-state index contributed by atoms with van der Waals surface area (Å²) in [5.41, 5.74) is 4.71. The lowest BCUT2D eigenvalue weighted by atomic mass is 10.0. The average Bonchev–Trinajstić information content (AvgIpc) is 2.42. The van der Waals surface area contributed by atoms with Crippen molar-refractivity contribution >= 4 is 17.3 Å². The Balaban J connectivity index is 2.40. The van der Waals surface area contributed by atoms with Gasteiger partial charge < -0.3 is 10.6 Å². The van der Waals surface area contributed by atoms with Gasteiger partial charge in [0, 0.05) is 18.3 Å². The molecule has 0 unspecified atom stereocenters. The summed E-state index contributed by atoms with van der Waals surface area (Å²) in [5.74, 6) is 2.08. The number of aromatic nitrogens is 2. The first kappa shape index (κ1) is 14.3. The van der Waals surface area contributed by atoms with E-state index >= 15 is 0 Å². The van der Waals surface area contributed by atoms with E-state index in [-0.39, 0.29) is 0 Å². The Morgan fingerprint density at radius 3 is 2.30 bits per heavy atom. The van der Waals surface area contributed by atoms with Crippen molar-refractivity contribution in [3.8, 4) is 0 Å². The maximum absolute atomic E-state index is 4.39. The van der Waals surface area contributed by atoms with Gasteiger partial charge in [-0.1, -0.05) is 19.9 Å². The van der Waals surface area contributed by atoms with Gasteiger partial charge in [-0.3, -0.25) is 0 Å². The molecule has 0 saturated heterocycles. The molecule has 0 bridgehead atoms. The summed E-state index contributed by atoms with van der Waals surface area (Å²) in [6.07, 6.45) is 1.58. The van der Waals surface area contributed by atoms with Gasteiger partial charge in [-0.2, -0.15) is 0 Å². The molecule has 0 atom stereocenters. The first-order chi connectivity index (χ1) is 9.52. The molecule has 1 aromatic heterocycles. The Morgan fingerprint density at radius 1 is 1.00 bits per heavy atom. The van der Waals surface area contributed by atoms with Crippen molar-refractivity contribution < 1.29 is 0 Å². The van der Waals surface area contributed by atoms with Crippen LogP contribution in [0.1, 0.15) is 36.5 Å². The Bertz CT molecular complexity index is 605. The minimum absolute atomic E-state index is 0.340. The van der Waals surface area contributed by atoms with Crippen LogP contribution >= 0.6 is 0 Å². The van der Waals surface area contributed by atoms with Crippen molar-refractivity contribution in [3.63, 3.8) is 0 Å². The van der Waals surface area contributed by atoms with Crippen molar-refractivity contribution in [2.24, 2.45) is 0 Å². The molecule has 0 fully saturated rings. The second kappa shape index (κ2) is 5.90. The molecule has 0 aliphatic carbocycles. The van der Waals surface area contributed by atoms with E-state index in [9.17, 15) is 0 Å². The predicted molar refractivity (Wildman–Crippen MR) is 84.9 cm³/mol. The maximum Gasteiger partial charge on any atom is 0.139 e. The highest BCUT2D eigenvalue weighted by Gasteiger charge is 2.14. The standard InChI is InChI=1S/C16H22N4/c1-10(2)14-15(17-5)18-9-19-16(14)20-13-7-6-11(3)12(4)8-13/h6-10H,1-5H3,(H2,17,18,19,20). The highest BCUT2D eigenvalue weighted by Crippen LogP contribution is 2.30. The summed E-state index contributed by atoms with van der Waals surface area (Å²) in [7, 11) is 1.88. The van der Waals surface area contributed by atoms with Gasteiger partial charge >= 0.3 is 0 Å². The lowest BCUT2D eigenvalue weighted by Gasteiger charge is -2.17. The molecule has 0 radical (unpaired) electrons. The summed E-state index contributed by atoms with van der Waals surface area (Å²) in [6, 6.07) is 6.33. The van der Waals surface area contributed by atoms with Crippen molar-refractivity contribution in [3.05, 3.63) is 41.2 Å². The second-order valence-corrected chi connectivity index (χ2v) is 5.31. The minimum atomic E-state index is 0.340. The largest absolute Gasteiger partial charge is 0.373 e. The Morgan fingerprint density at radius 2 is 1.70 bits per heavy atom. The lowest BCUT2D eigenvalue weighted by molar-refractivity contribution is 0.852. The molecule has 0 spiro atoms. The fourth-order valence-electron chi connectivity index (χ4n) is 2.20. The van der Waals surface area contributed by atoms with Gasteiger partial charge in [-0.25, -0.2) is 9.97 Å². The quantitative estimate of drug-likeness (QED) is 0.881. The fraction of sp³-hybridized carbons (Fsp3) is 0.375. The highest BCUT2D eigenvalue weighted by molar-refractivity contribution is 5.66. The van der Waals surface area contributed by atoms with E-state index in [2.05, 4.69) is 66.5 Å². The fourth-order valence-corrected chi connectivity index (χ4v) is 2.20. The summed E-state index contributed by atoms with van der Waals surface area (Å²) < 4.78 is 0. The maximum atomic E-state index is 4.39. The number of benzene rings is 1. The third-order valence-electron chi connectivity index (χ3n) is 3.47. The third-order valence-corrected chi connectivity index (χ3v) is 3.47. The Hall–Kier alpha value is -2.10. The van der Waals surface area contributed by atoms with Crippen molar-refractivity contribution in [1.29, 1.82) is 0 Å². The third kappa shape index (κ3) is 2.90. The van der Waals surface area contributed by atoms with Crippen LogP contribution in [0.5, 0.6) is 0 Å². The van der Waals surface area contributed by atoms with Gasteiger partial charge in [0.15, 0.2) is 0 Å². The van der Waals surface area contributed by atoms with E-state index in [1.807, 2.05) is 7.05 Å². The zero-order chi connectivity index (χ0) is 14.7. The zero-order valence-corrected chi connectivity index (χ0v) is 12.8. The highest BCUT2D eigenvalue weighted by atomic mass is 15.1. The van der Waals surface area contributed by atoms with E-state index in [4.69, 9.17) is 0 Å². The van der Waals surface area contributed by atoms with Crippen LogP contribution in [0.25, 0.3) is 0 Å². The summed E-state index contributed by atoms with van der Waals surface area (Å²) in [6.45, 7) is 8.52. The zero-order valence-electron chi connectivity index (χ0n) is 12.8. The molecule has 0 aliphatic heterocycles. The van der Waals surface area contributed by atoms with Gasteiger partial charge in [0.1, 0.15) is 18.0 Å². The van der Waals surface area contributed by atoms with Crippen LogP contribution in [-0.2, 0) is 0 Å². The van der Waals surface area contributed by atoms with Crippen molar-refractivity contribution in [2.45, 2.75) is 33.6 Å². The molecule has 0 aliphatic rings. The van der Waals surface area contributed by atoms with Gasteiger partial charge in [0.25, 0.3) is 0 Å². The van der Waals surface area contributed by atoms with E-state index in [0.29, 0.717) is 5.92 Å². The first-order valence-electron chi connectivity index (χ1n) is 6.90. The topological polar surface area (TPSA) is 49.8 Å². The number of aryl methyl sites for hydroxylation is 2. The average molecular weight is 270 g/mol. The number of nitrogens with one attached hydrogen (secondary N) is 2. The molecule has 1 aromatic carbocycles. The van der Waals surface area contributed by atoms with Crippen molar-refractivity contribution in [1.82, 2.24) is 9.97 Å². The van der Waals surface area contributed by atoms with E-state index in [1.54, 1.807) is 6.33 Å². The smallest absolute Gasteiger partial charge is 0.139 e. The predicted octanol–water partition coefficient (Wildman–Crippen LogP) is 4.00. The molecule has 0 saturated carbocycles. The van der Waals surface area contributed by atoms with E-state index in [0.717, 1.165) is 22.9 Å². The first-order valence-corrected chi connectivity index (χ1v) is 6.90. The summed E-state index contributed by atoms with van der Waals surface area (Å²) >= 11 is 0. The van der Waals surface area contributed by atoms with Gasteiger partial charge in [0.05, 0.1) is 0 Å². The van der Waals surface area contributed by atoms with E-state index in [1.165, 1.54) is 11.1 Å². The molecule has 0 amide bonds. The van der Waals surface area contributed by atoms with Gasteiger partial charge in [0.2, 0.25) is 0 Å². The van der Waals surface area contributed by atoms with Crippen molar-refractivity contribution in [2.75, 3.05) is 17.7 Å². The molecule has 20 heavy (non-hydrogen) atoms. The normalized spacial score (nSPS) is 10.7. The second-order valence-electron chi connectivity index (χ2n) is 5.31. The number of rotatable bonds is 4. The molecular formula is C16H22N4. The Labute approximate surface area is 120 Å². The SMILES string of the molecule is CNc1ncnc(Nc2ccc(C)c(C)c2)c1C(C)C. The molecule has 2 rings (SSSR count). The van der Waals surface area contributed by atoms with Gasteiger partial charge in [-0.05, 0) is 43.0 Å². The van der Waals surface area contributed by atoms with Crippen LogP contribution in [0.3, 0.4) is 0 Å². The lowest BCUT2D eigenvalue weighted by Crippen LogP contribution is -2.07. The monoisotopic (exact) mass is 270 g/mol. The van der Waals surface area contributed by atoms with Crippen LogP contribution in [0.4, 0.5) is 17.3 Å². The van der Waals surface area contributed by atoms with E-state index < -0.39 is 0 Å². The van der Waals surface area contributed by atoms with Crippen LogP contribution in [0.2, 0.25) is 0 Å². The summed E-state index contributed by atoms with van der Waals surface area (Å²) in [5, 5.41) is 6.54. The van der Waals surface area contributed by atoms with Crippen LogP contribution in [0.15, 0.2) is 24.5 Å². The molecule has 4 nitrogen and oxygen atoms in total. The molecular weight excluding hydrogens is 248 g/mol. The molecule has 4 heteroatoms. The van der Waals surface area contributed by atoms with Crippen LogP contribution in [-0.4, -0.2) is 17.0 Å². The molecule has 2 aromatic rings. The van der Waals surface area contributed by atoms with Crippen LogP contribution in [0, 0.1) is 13.8 Å². The minimum Gasteiger partial charge on any atom is -0.373 e. The number of anilines is 3. The molecule has 2 N–H and O–H groups in total. The number of hydrogen-bond acceptors (Lipinski definition) is 4. The molecule has 106 valence electrons. The summed E-state index contributed by atoms with van der Waals surface area (Å²) in [4.78, 5) is 8.68.